The zero-order valence-corrected chi connectivity index (χ0v) is 15.7. The maximum Gasteiger partial charge on any atom is 0.409 e. The van der Waals surface area contributed by atoms with Gasteiger partial charge in [-0.1, -0.05) is 12.1 Å². The van der Waals surface area contributed by atoms with Crippen molar-refractivity contribution in [2.75, 3.05) is 58.8 Å². The fourth-order valence-electron chi connectivity index (χ4n) is 2.74. The molecule has 25 heavy (non-hydrogen) atoms. The van der Waals surface area contributed by atoms with Crippen LogP contribution in [0.15, 0.2) is 29.3 Å². The molecule has 0 unspecified atom stereocenters. The number of piperazine rings is 1. The lowest BCUT2D eigenvalue weighted by atomic mass is 10.2. The zero-order valence-electron chi connectivity index (χ0n) is 15.7. The predicted molar refractivity (Wildman–Crippen MR) is 101 cm³/mol. The van der Waals surface area contributed by atoms with E-state index in [9.17, 15) is 4.79 Å². The average Bonchev–Trinajstić information content (AvgIpc) is 2.63. The van der Waals surface area contributed by atoms with Gasteiger partial charge in [0.25, 0.3) is 0 Å². The summed E-state index contributed by atoms with van der Waals surface area (Å²) in [4.78, 5) is 22.1. The molecule has 1 aromatic rings. The van der Waals surface area contributed by atoms with Gasteiger partial charge in [-0.05, 0) is 24.6 Å². The molecule has 138 valence electrons. The van der Waals surface area contributed by atoms with Gasteiger partial charge in [-0.15, -0.1) is 0 Å². The van der Waals surface area contributed by atoms with Gasteiger partial charge in [0.05, 0.1) is 6.61 Å². The van der Waals surface area contributed by atoms with E-state index in [0.717, 1.165) is 25.6 Å². The van der Waals surface area contributed by atoms with E-state index in [-0.39, 0.29) is 6.09 Å². The van der Waals surface area contributed by atoms with Crippen LogP contribution in [0.5, 0.6) is 0 Å². The van der Waals surface area contributed by atoms with Crippen LogP contribution in [0.4, 0.5) is 10.5 Å². The zero-order chi connectivity index (χ0) is 18.2. The Balaban J connectivity index is 1.84. The quantitative estimate of drug-likeness (QED) is 0.662. The molecular formula is C18H29N5O2. The minimum atomic E-state index is -0.230. The van der Waals surface area contributed by atoms with Gasteiger partial charge in [-0.2, -0.15) is 0 Å². The summed E-state index contributed by atoms with van der Waals surface area (Å²) in [5.74, 6) is 0.861. The molecule has 1 aromatic carbocycles. The highest BCUT2D eigenvalue weighted by atomic mass is 16.6. The molecule has 0 aromatic heterocycles. The molecule has 1 aliphatic rings. The second-order valence-electron chi connectivity index (χ2n) is 6.13. The van der Waals surface area contributed by atoms with Crippen molar-refractivity contribution in [1.29, 1.82) is 0 Å². The minimum Gasteiger partial charge on any atom is -0.450 e. The molecule has 0 bridgehead atoms. The van der Waals surface area contributed by atoms with Gasteiger partial charge in [0.1, 0.15) is 0 Å². The molecule has 0 radical (unpaired) electrons. The molecule has 1 heterocycles. The van der Waals surface area contributed by atoms with Gasteiger partial charge < -0.3 is 24.8 Å². The molecule has 0 saturated carbocycles. The van der Waals surface area contributed by atoms with Crippen molar-refractivity contribution in [3.63, 3.8) is 0 Å². The Kier molecular flexibility index (Phi) is 6.91. The smallest absolute Gasteiger partial charge is 0.409 e. The molecule has 1 N–H and O–H groups in total. The van der Waals surface area contributed by atoms with Crippen LogP contribution in [0.3, 0.4) is 0 Å². The van der Waals surface area contributed by atoms with Gasteiger partial charge in [0.15, 0.2) is 5.96 Å². The Morgan fingerprint density at radius 2 is 1.76 bits per heavy atom. The molecule has 7 nitrogen and oxygen atoms in total. The third-order valence-corrected chi connectivity index (χ3v) is 4.22. The first-order valence-electron chi connectivity index (χ1n) is 8.68. The Hall–Kier alpha value is -2.44. The number of aliphatic imine (C=N–C) groups is 1. The van der Waals surface area contributed by atoms with E-state index < -0.39 is 0 Å². The summed E-state index contributed by atoms with van der Waals surface area (Å²) in [7, 11) is 5.85. The fourth-order valence-corrected chi connectivity index (χ4v) is 2.74. The van der Waals surface area contributed by atoms with Crippen molar-refractivity contribution >= 4 is 17.7 Å². The summed E-state index contributed by atoms with van der Waals surface area (Å²) in [6.45, 7) is 5.75. The number of guanidine groups is 1. The molecule has 0 atom stereocenters. The average molecular weight is 347 g/mol. The van der Waals surface area contributed by atoms with E-state index in [4.69, 9.17) is 4.74 Å². The fraction of sp³-hybridized carbons (Fsp3) is 0.556. The van der Waals surface area contributed by atoms with Crippen molar-refractivity contribution in [1.82, 2.24) is 15.1 Å². The minimum absolute atomic E-state index is 0.230. The van der Waals surface area contributed by atoms with Gasteiger partial charge in [-0.3, -0.25) is 4.99 Å². The summed E-state index contributed by atoms with van der Waals surface area (Å²) in [6, 6.07) is 8.46. The Bertz CT molecular complexity index is 578. The number of hydrogen-bond donors (Lipinski definition) is 1. The Labute approximate surface area is 150 Å². The Morgan fingerprint density at radius 3 is 2.28 bits per heavy atom. The van der Waals surface area contributed by atoms with Crippen LogP contribution in [0.1, 0.15) is 12.5 Å². The molecule has 1 saturated heterocycles. The van der Waals surface area contributed by atoms with E-state index in [2.05, 4.69) is 44.4 Å². The van der Waals surface area contributed by atoms with Crippen molar-refractivity contribution in [2.45, 2.75) is 13.5 Å². The number of benzene rings is 1. The molecule has 0 aliphatic carbocycles. The lowest BCUT2D eigenvalue weighted by Gasteiger charge is -2.35. The summed E-state index contributed by atoms with van der Waals surface area (Å²) >= 11 is 0. The van der Waals surface area contributed by atoms with Gasteiger partial charge in [0, 0.05) is 59.6 Å². The maximum absolute atomic E-state index is 11.8. The summed E-state index contributed by atoms with van der Waals surface area (Å²) in [6.07, 6.45) is -0.230. The molecule has 1 amide bonds. The number of anilines is 1. The number of carbonyl (C=O) groups excluding carboxylic acids is 1. The predicted octanol–water partition coefficient (Wildman–Crippen LogP) is 1.60. The SMILES string of the molecule is CCOC(=O)N1CCN(C(=NC)NCc2ccc(N(C)C)cc2)CC1. The van der Waals surface area contributed by atoms with Crippen LogP contribution < -0.4 is 10.2 Å². The first-order valence-corrected chi connectivity index (χ1v) is 8.68. The summed E-state index contributed by atoms with van der Waals surface area (Å²) in [5, 5.41) is 3.40. The number of nitrogens with one attached hydrogen (secondary N) is 1. The number of rotatable bonds is 4. The van der Waals surface area contributed by atoms with E-state index >= 15 is 0 Å². The van der Waals surface area contributed by atoms with Crippen molar-refractivity contribution in [2.24, 2.45) is 4.99 Å². The first kappa shape index (κ1) is 18.9. The highest BCUT2D eigenvalue weighted by Crippen LogP contribution is 2.12. The van der Waals surface area contributed by atoms with Crippen LogP contribution in [0, 0.1) is 0 Å². The van der Waals surface area contributed by atoms with Gasteiger partial charge in [0.2, 0.25) is 0 Å². The number of hydrogen-bond acceptors (Lipinski definition) is 4. The Morgan fingerprint density at radius 1 is 1.16 bits per heavy atom. The van der Waals surface area contributed by atoms with E-state index in [1.165, 1.54) is 11.3 Å². The third-order valence-electron chi connectivity index (χ3n) is 4.22. The van der Waals surface area contributed by atoms with E-state index in [0.29, 0.717) is 19.7 Å². The number of ether oxygens (including phenoxy) is 1. The normalized spacial score (nSPS) is 15.1. The molecule has 1 fully saturated rings. The van der Waals surface area contributed by atoms with Crippen LogP contribution in [0.2, 0.25) is 0 Å². The van der Waals surface area contributed by atoms with Gasteiger partial charge in [-0.25, -0.2) is 4.79 Å². The highest BCUT2D eigenvalue weighted by Gasteiger charge is 2.23. The molecule has 1 aliphatic heterocycles. The monoisotopic (exact) mass is 347 g/mol. The van der Waals surface area contributed by atoms with E-state index in [1.54, 1.807) is 11.9 Å². The van der Waals surface area contributed by atoms with Crippen LogP contribution >= 0.6 is 0 Å². The number of amides is 1. The van der Waals surface area contributed by atoms with Crippen molar-refractivity contribution in [3.05, 3.63) is 29.8 Å². The van der Waals surface area contributed by atoms with Crippen LogP contribution in [-0.2, 0) is 11.3 Å². The number of nitrogens with zero attached hydrogens (tertiary/aromatic N) is 4. The van der Waals surface area contributed by atoms with E-state index in [1.807, 2.05) is 21.0 Å². The van der Waals surface area contributed by atoms with Gasteiger partial charge >= 0.3 is 6.09 Å². The van der Waals surface area contributed by atoms with Crippen LogP contribution in [-0.4, -0.2) is 75.8 Å². The van der Waals surface area contributed by atoms with Crippen LogP contribution in [0.25, 0.3) is 0 Å². The lowest BCUT2D eigenvalue weighted by molar-refractivity contribution is 0.0914. The van der Waals surface area contributed by atoms with Crippen molar-refractivity contribution < 1.29 is 9.53 Å². The first-order chi connectivity index (χ1) is 12.0. The highest BCUT2D eigenvalue weighted by molar-refractivity contribution is 5.80. The summed E-state index contributed by atoms with van der Waals surface area (Å²) in [5.41, 5.74) is 2.39. The lowest BCUT2D eigenvalue weighted by Crippen LogP contribution is -2.53. The molecule has 7 heteroatoms. The molecule has 2 rings (SSSR count). The molecular weight excluding hydrogens is 318 g/mol. The van der Waals surface area contributed by atoms with Crippen molar-refractivity contribution in [3.8, 4) is 0 Å². The molecule has 0 spiro atoms. The second kappa shape index (κ2) is 9.15. The largest absolute Gasteiger partial charge is 0.450 e. The topological polar surface area (TPSA) is 60.4 Å². The standard InChI is InChI=1S/C18H29N5O2/c1-5-25-18(24)23-12-10-22(11-13-23)17(19-2)20-14-15-6-8-16(9-7-15)21(3)4/h6-9H,5,10-14H2,1-4H3,(H,19,20). The second-order valence-corrected chi connectivity index (χ2v) is 6.13. The maximum atomic E-state index is 11.8. The number of carbonyl (C=O) groups is 1. The summed E-state index contributed by atoms with van der Waals surface area (Å²) < 4.78 is 5.05. The third kappa shape index (κ3) is 5.27.